The van der Waals surface area contributed by atoms with E-state index in [0.717, 1.165) is 0 Å². The molecule has 0 atom stereocenters. The van der Waals surface area contributed by atoms with Crippen molar-refractivity contribution in [1.82, 2.24) is 4.90 Å². The van der Waals surface area contributed by atoms with Crippen molar-refractivity contribution in [2.24, 2.45) is 0 Å². The van der Waals surface area contributed by atoms with Crippen LogP contribution in [0.25, 0.3) is 0 Å². The van der Waals surface area contributed by atoms with E-state index in [4.69, 9.17) is 21.1 Å². The van der Waals surface area contributed by atoms with Gasteiger partial charge in [0.15, 0.2) is 18.1 Å². The Labute approximate surface area is 167 Å². The predicted molar refractivity (Wildman–Crippen MR) is 105 cm³/mol. The average molecular weight is 406 g/mol. The summed E-state index contributed by atoms with van der Waals surface area (Å²) in [7, 11) is 1.54. The van der Waals surface area contributed by atoms with Crippen molar-refractivity contribution in [2.75, 3.05) is 44.8 Å². The van der Waals surface area contributed by atoms with E-state index in [9.17, 15) is 14.9 Å². The minimum atomic E-state index is -0.445. The molecule has 1 heterocycles. The van der Waals surface area contributed by atoms with Gasteiger partial charge in [-0.15, -0.1) is 0 Å². The maximum absolute atomic E-state index is 12.4. The Balaban J connectivity index is 1.58. The molecule has 0 N–H and O–H groups in total. The quantitative estimate of drug-likeness (QED) is 0.542. The van der Waals surface area contributed by atoms with Gasteiger partial charge in [0.1, 0.15) is 5.69 Å². The fraction of sp³-hybridized carbons (Fsp3) is 0.316. The number of carbonyl (C=O) groups excluding carboxylic acids is 1. The van der Waals surface area contributed by atoms with Gasteiger partial charge >= 0.3 is 0 Å². The normalized spacial score (nSPS) is 13.9. The number of rotatable bonds is 6. The highest BCUT2D eigenvalue weighted by Gasteiger charge is 2.26. The van der Waals surface area contributed by atoms with Crippen LogP contribution in [-0.4, -0.2) is 55.6 Å². The third-order valence-corrected chi connectivity index (χ3v) is 4.76. The zero-order chi connectivity index (χ0) is 20.1. The number of ether oxygens (including phenoxy) is 2. The molecule has 0 bridgehead atoms. The number of nitro groups is 1. The van der Waals surface area contributed by atoms with E-state index >= 15 is 0 Å². The number of hydrogen-bond donors (Lipinski definition) is 0. The number of halogens is 1. The molecule has 1 fully saturated rings. The smallest absolute Gasteiger partial charge is 0.294 e. The largest absolute Gasteiger partial charge is 0.493 e. The predicted octanol–water partition coefficient (Wildman–Crippen LogP) is 2.98. The van der Waals surface area contributed by atoms with Gasteiger partial charge in [-0.25, -0.2) is 0 Å². The summed E-state index contributed by atoms with van der Waals surface area (Å²) in [4.78, 5) is 26.9. The number of nitrogens with zero attached hydrogens (tertiary/aromatic N) is 3. The van der Waals surface area contributed by atoms with Gasteiger partial charge in [0.05, 0.1) is 12.0 Å². The Bertz CT molecular complexity index is 868. The lowest BCUT2D eigenvalue weighted by molar-refractivity contribution is -0.384. The molecule has 1 aliphatic rings. The van der Waals surface area contributed by atoms with Gasteiger partial charge in [-0.3, -0.25) is 14.9 Å². The Morgan fingerprint density at radius 1 is 1.14 bits per heavy atom. The fourth-order valence-corrected chi connectivity index (χ4v) is 3.24. The molecule has 148 valence electrons. The van der Waals surface area contributed by atoms with Gasteiger partial charge in [-0.05, 0) is 24.3 Å². The highest BCUT2D eigenvalue weighted by Crippen LogP contribution is 2.31. The molecule has 0 spiro atoms. The van der Waals surface area contributed by atoms with Crippen molar-refractivity contribution in [2.45, 2.75) is 0 Å². The highest BCUT2D eigenvalue weighted by atomic mass is 35.5. The zero-order valence-electron chi connectivity index (χ0n) is 15.3. The minimum absolute atomic E-state index is 0.0354. The van der Waals surface area contributed by atoms with Crippen LogP contribution in [0.4, 0.5) is 11.4 Å². The van der Waals surface area contributed by atoms with E-state index in [2.05, 4.69) is 0 Å². The minimum Gasteiger partial charge on any atom is -0.493 e. The number of nitro benzene ring substituents is 1. The van der Waals surface area contributed by atoms with Crippen LogP contribution < -0.4 is 14.4 Å². The van der Waals surface area contributed by atoms with Crippen LogP contribution in [0.2, 0.25) is 5.02 Å². The lowest BCUT2D eigenvalue weighted by Crippen LogP contribution is -2.50. The van der Waals surface area contributed by atoms with Crippen molar-refractivity contribution in [3.05, 3.63) is 57.6 Å². The second-order valence-electron chi connectivity index (χ2n) is 6.20. The maximum atomic E-state index is 12.4. The summed E-state index contributed by atoms with van der Waals surface area (Å²) in [5.74, 6) is 0.931. The SMILES string of the molecule is COc1ccccc1OCC(=O)N1CCN(c2ccc(Cl)cc2[N+](=O)[O-])CC1. The Hall–Kier alpha value is -3.00. The summed E-state index contributed by atoms with van der Waals surface area (Å²) in [5, 5.41) is 11.6. The zero-order valence-corrected chi connectivity index (χ0v) is 16.1. The molecule has 9 heteroatoms. The third kappa shape index (κ3) is 4.45. The van der Waals surface area contributed by atoms with Crippen molar-refractivity contribution in [3.8, 4) is 11.5 Å². The van der Waals surface area contributed by atoms with Crippen LogP contribution in [-0.2, 0) is 4.79 Å². The maximum Gasteiger partial charge on any atom is 0.294 e. The molecule has 0 aromatic heterocycles. The third-order valence-electron chi connectivity index (χ3n) is 4.53. The molecule has 0 saturated carbocycles. The number of carbonyl (C=O) groups is 1. The number of anilines is 1. The van der Waals surface area contributed by atoms with Gasteiger partial charge in [0, 0.05) is 37.3 Å². The lowest BCUT2D eigenvalue weighted by atomic mass is 10.2. The summed E-state index contributed by atoms with van der Waals surface area (Å²) in [6, 6.07) is 11.7. The first kappa shape index (κ1) is 19.8. The first-order chi connectivity index (χ1) is 13.5. The van der Waals surface area contributed by atoms with E-state index in [1.807, 2.05) is 11.0 Å². The van der Waals surface area contributed by atoms with Crippen LogP contribution in [0.5, 0.6) is 11.5 Å². The van der Waals surface area contributed by atoms with E-state index in [1.54, 1.807) is 42.3 Å². The van der Waals surface area contributed by atoms with E-state index < -0.39 is 4.92 Å². The first-order valence-corrected chi connectivity index (χ1v) is 9.10. The molecule has 28 heavy (non-hydrogen) atoms. The van der Waals surface area contributed by atoms with Crippen molar-refractivity contribution in [1.29, 1.82) is 0 Å². The molecular formula is C19H20ClN3O5. The number of amides is 1. The Morgan fingerprint density at radius 2 is 1.82 bits per heavy atom. The number of benzene rings is 2. The number of hydrogen-bond acceptors (Lipinski definition) is 6. The molecule has 8 nitrogen and oxygen atoms in total. The van der Waals surface area contributed by atoms with Gasteiger partial charge < -0.3 is 19.3 Å². The molecule has 0 radical (unpaired) electrons. The highest BCUT2D eigenvalue weighted by molar-refractivity contribution is 6.30. The van der Waals surface area contributed by atoms with Crippen LogP contribution >= 0.6 is 11.6 Å². The van der Waals surface area contributed by atoms with Crippen LogP contribution in [0.15, 0.2) is 42.5 Å². The molecular weight excluding hydrogens is 386 g/mol. The lowest BCUT2D eigenvalue weighted by Gasteiger charge is -2.35. The number of piperazine rings is 1. The van der Waals surface area contributed by atoms with Gasteiger partial charge in [-0.1, -0.05) is 23.7 Å². The fourth-order valence-electron chi connectivity index (χ4n) is 3.08. The van der Waals surface area contributed by atoms with Crippen molar-refractivity contribution in [3.63, 3.8) is 0 Å². The van der Waals surface area contributed by atoms with E-state index in [0.29, 0.717) is 48.4 Å². The van der Waals surface area contributed by atoms with Crippen molar-refractivity contribution < 1.29 is 19.2 Å². The summed E-state index contributed by atoms with van der Waals surface area (Å²) in [5.41, 5.74) is 0.471. The Morgan fingerprint density at radius 3 is 2.46 bits per heavy atom. The van der Waals surface area contributed by atoms with E-state index in [1.165, 1.54) is 6.07 Å². The molecule has 0 aliphatic carbocycles. The molecule has 1 saturated heterocycles. The van der Waals surface area contributed by atoms with Crippen LogP contribution in [0.1, 0.15) is 0 Å². The summed E-state index contributed by atoms with van der Waals surface area (Å²) in [6.07, 6.45) is 0. The van der Waals surface area contributed by atoms with Gasteiger partial charge in [0.2, 0.25) is 0 Å². The summed E-state index contributed by atoms with van der Waals surface area (Å²) in [6.45, 7) is 1.79. The molecule has 3 rings (SSSR count). The summed E-state index contributed by atoms with van der Waals surface area (Å²) >= 11 is 5.87. The van der Waals surface area contributed by atoms with Crippen LogP contribution in [0, 0.1) is 10.1 Å². The topological polar surface area (TPSA) is 85.2 Å². The summed E-state index contributed by atoms with van der Waals surface area (Å²) < 4.78 is 10.8. The number of para-hydroxylation sites is 2. The van der Waals surface area contributed by atoms with E-state index in [-0.39, 0.29) is 18.2 Å². The number of methoxy groups -OCH3 is 1. The molecule has 0 unspecified atom stereocenters. The van der Waals surface area contributed by atoms with Crippen molar-refractivity contribution >= 4 is 28.9 Å². The molecule has 2 aromatic carbocycles. The molecule has 1 aliphatic heterocycles. The second-order valence-corrected chi connectivity index (χ2v) is 6.63. The average Bonchev–Trinajstić information content (AvgIpc) is 2.72. The Kier molecular flexibility index (Phi) is 6.20. The first-order valence-electron chi connectivity index (χ1n) is 8.72. The molecule has 2 aromatic rings. The monoisotopic (exact) mass is 405 g/mol. The molecule has 1 amide bonds. The standard InChI is InChI=1S/C19H20ClN3O5/c1-27-17-4-2-3-5-18(17)28-13-19(24)22-10-8-21(9-11-22)15-7-6-14(20)12-16(15)23(25)26/h2-7,12H,8-11,13H2,1H3. The van der Waals surface area contributed by atoms with Gasteiger partial charge in [0.25, 0.3) is 11.6 Å². The van der Waals surface area contributed by atoms with Gasteiger partial charge in [-0.2, -0.15) is 0 Å². The second kappa shape index (κ2) is 8.79. The van der Waals surface area contributed by atoms with Crippen LogP contribution in [0.3, 0.4) is 0 Å².